The van der Waals surface area contributed by atoms with Gasteiger partial charge in [-0.1, -0.05) is 26.3 Å². The van der Waals surface area contributed by atoms with Crippen LogP contribution in [0.5, 0.6) is 5.75 Å². The molecule has 154 valence electrons. The molecule has 2 rings (SSSR count). The highest BCUT2D eigenvalue weighted by atomic mass is 16.5. The lowest BCUT2D eigenvalue weighted by Crippen LogP contribution is -2.40. The highest BCUT2D eigenvalue weighted by Gasteiger charge is 2.18. The second kappa shape index (κ2) is 10.0. The molecule has 1 aromatic carbocycles. The van der Waals surface area contributed by atoms with Crippen molar-refractivity contribution in [2.75, 3.05) is 30.3 Å². The van der Waals surface area contributed by atoms with Crippen molar-refractivity contribution in [2.24, 2.45) is 0 Å². The molecule has 0 saturated heterocycles. The van der Waals surface area contributed by atoms with Crippen LogP contribution in [0.25, 0.3) is 0 Å². The van der Waals surface area contributed by atoms with Gasteiger partial charge in [-0.3, -0.25) is 14.3 Å². The lowest BCUT2D eigenvalue weighted by molar-refractivity contribution is 0.323. The molecule has 0 aliphatic heterocycles. The molecule has 7 heteroatoms. The zero-order valence-corrected chi connectivity index (χ0v) is 17.4. The molecule has 0 radical (unpaired) electrons. The van der Waals surface area contributed by atoms with Crippen LogP contribution in [0.2, 0.25) is 0 Å². The Labute approximate surface area is 166 Å². The smallest absolute Gasteiger partial charge is 0.330 e. The van der Waals surface area contributed by atoms with Crippen LogP contribution in [0.1, 0.15) is 44.2 Å². The van der Waals surface area contributed by atoms with Gasteiger partial charge in [0.05, 0.1) is 6.54 Å². The summed E-state index contributed by atoms with van der Waals surface area (Å²) in [6.45, 7) is 10.2. The molecule has 28 heavy (non-hydrogen) atoms. The second-order valence-corrected chi connectivity index (χ2v) is 7.16. The number of nitrogen functional groups attached to an aromatic ring is 1. The van der Waals surface area contributed by atoms with E-state index in [2.05, 4.69) is 11.1 Å². The number of aromatic amines is 1. The Morgan fingerprint density at radius 3 is 2.36 bits per heavy atom. The lowest BCUT2D eigenvalue weighted by Gasteiger charge is -2.26. The summed E-state index contributed by atoms with van der Waals surface area (Å²) >= 11 is 0. The third-order valence-electron chi connectivity index (χ3n) is 4.58. The van der Waals surface area contributed by atoms with Crippen molar-refractivity contribution in [1.29, 1.82) is 0 Å². The Balaban J connectivity index is 2.23. The first-order valence-corrected chi connectivity index (χ1v) is 9.96. The summed E-state index contributed by atoms with van der Waals surface area (Å²) in [6, 6.07) is 6.07. The first-order valence-electron chi connectivity index (χ1n) is 9.96. The number of nitrogens with two attached hydrogens (primary N) is 1. The van der Waals surface area contributed by atoms with Crippen LogP contribution < -0.4 is 26.6 Å². The van der Waals surface area contributed by atoms with Crippen molar-refractivity contribution < 1.29 is 4.74 Å². The van der Waals surface area contributed by atoms with Gasteiger partial charge in [0.1, 0.15) is 23.9 Å². The fraction of sp³-hybridized carbons (Fsp3) is 0.524. The molecular formula is C21H32N4O3. The molecule has 0 amide bonds. The fourth-order valence-corrected chi connectivity index (χ4v) is 3.32. The van der Waals surface area contributed by atoms with Crippen LogP contribution in [-0.4, -0.2) is 29.2 Å². The predicted octanol–water partition coefficient (Wildman–Crippen LogP) is 2.83. The minimum absolute atomic E-state index is 0.224. The molecule has 0 unspecified atom stereocenters. The number of nitrogens with zero attached hydrogens (tertiary/aromatic N) is 2. The van der Waals surface area contributed by atoms with Gasteiger partial charge in [0.2, 0.25) is 0 Å². The second-order valence-electron chi connectivity index (χ2n) is 7.16. The Kier molecular flexibility index (Phi) is 7.72. The zero-order chi connectivity index (χ0) is 20.7. The highest BCUT2D eigenvalue weighted by molar-refractivity contribution is 5.62. The van der Waals surface area contributed by atoms with Crippen LogP contribution in [0.4, 0.5) is 11.5 Å². The van der Waals surface area contributed by atoms with Crippen LogP contribution in [-0.2, 0) is 6.54 Å². The van der Waals surface area contributed by atoms with E-state index < -0.39 is 11.2 Å². The van der Waals surface area contributed by atoms with Crippen LogP contribution in [0.3, 0.4) is 0 Å². The molecule has 0 aliphatic carbocycles. The third-order valence-corrected chi connectivity index (χ3v) is 4.58. The van der Waals surface area contributed by atoms with E-state index in [4.69, 9.17) is 10.5 Å². The van der Waals surface area contributed by atoms with Gasteiger partial charge >= 0.3 is 5.69 Å². The van der Waals surface area contributed by atoms with Gasteiger partial charge in [-0.15, -0.1) is 0 Å². The summed E-state index contributed by atoms with van der Waals surface area (Å²) in [7, 11) is 0. The predicted molar refractivity (Wildman–Crippen MR) is 115 cm³/mol. The van der Waals surface area contributed by atoms with Gasteiger partial charge in [0.15, 0.2) is 0 Å². The molecule has 0 bridgehead atoms. The zero-order valence-electron chi connectivity index (χ0n) is 17.4. The molecule has 0 aliphatic rings. The van der Waals surface area contributed by atoms with Crippen molar-refractivity contribution in [1.82, 2.24) is 9.55 Å². The van der Waals surface area contributed by atoms with Gasteiger partial charge < -0.3 is 15.4 Å². The number of nitrogens with one attached hydrogen (secondary N) is 1. The van der Waals surface area contributed by atoms with E-state index in [9.17, 15) is 9.59 Å². The number of hydrogen-bond acceptors (Lipinski definition) is 5. The maximum atomic E-state index is 12.5. The molecule has 1 heterocycles. The monoisotopic (exact) mass is 388 g/mol. The molecule has 0 fully saturated rings. The van der Waals surface area contributed by atoms with Crippen molar-refractivity contribution in [3.8, 4) is 5.75 Å². The average molecular weight is 389 g/mol. The van der Waals surface area contributed by atoms with Gasteiger partial charge in [0.25, 0.3) is 5.56 Å². The van der Waals surface area contributed by atoms with Crippen molar-refractivity contribution in [3.63, 3.8) is 0 Å². The largest absolute Gasteiger partial charge is 0.492 e. The number of ether oxygens (including phenoxy) is 1. The first kappa shape index (κ1) is 21.6. The van der Waals surface area contributed by atoms with E-state index in [-0.39, 0.29) is 5.82 Å². The molecule has 0 spiro atoms. The van der Waals surface area contributed by atoms with Gasteiger partial charge in [-0.25, -0.2) is 4.79 Å². The summed E-state index contributed by atoms with van der Waals surface area (Å²) in [4.78, 5) is 29.0. The lowest BCUT2D eigenvalue weighted by atomic mass is 10.1. The first-order chi connectivity index (χ1) is 13.4. The summed E-state index contributed by atoms with van der Waals surface area (Å²) in [6.07, 6.45) is 2.60. The Hall–Kier alpha value is -2.70. The maximum Gasteiger partial charge on any atom is 0.330 e. The van der Waals surface area contributed by atoms with Crippen LogP contribution >= 0.6 is 0 Å². The SMILES string of the molecule is CCCCn1c(N)c(N(CCC)CCOc2cc(C)cc(C)c2)c(=O)[nH]c1=O. The number of anilines is 2. The minimum Gasteiger partial charge on any atom is -0.492 e. The van der Waals surface area contributed by atoms with Gasteiger partial charge in [0, 0.05) is 13.1 Å². The normalized spacial score (nSPS) is 10.9. The van der Waals surface area contributed by atoms with Crippen LogP contribution in [0, 0.1) is 13.8 Å². The molecule has 0 atom stereocenters. The van der Waals surface area contributed by atoms with Crippen molar-refractivity contribution in [3.05, 3.63) is 50.2 Å². The van der Waals surface area contributed by atoms with Gasteiger partial charge in [-0.2, -0.15) is 0 Å². The third kappa shape index (κ3) is 5.41. The average Bonchev–Trinajstić information content (AvgIpc) is 2.60. The van der Waals surface area contributed by atoms with E-state index in [1.165, 1.54) is 4.57 Å². The molecule has 7 nitrogen and oxygen atoms in total. The number of hydrogen-bond donors (Lipinski definition) is 2. The molecule has 1 aromatic heterocycles. The Morgan fingerprint density at radius 2 is 1.75 bits per heavy atom. The van der Waals surface area contributed by atoms with E-state index in [0.29, 0.717) is 31.9 Å². The number of aromatic nitrogens is 2. The molecular weight excluding hydrogens is 356 g/mol. The van der Waals surface area contributed by atoms with E-state index in [1.807, 2.05) is 44.7 Å². The number of benzene rings is 1. The number of rotatable bonds is 10. The summed E-state index contributed by atoms with van der Waals surface area (Å²) < 4.78 is 7.35. The number of unbranched alkanes of at least 4 members (excludes halogenated alkanes) is 1. The minimum atomic E-state index is -0.456. The Morgan fingerprint density at radius 1 is 1.07 bits per heavy atom. The van der Waals surface area contributed by atoms with Gasteiger partial charge in [-0.05, 0) is 49.9 Å². The maximum absolute atomic E-state index is 12.5. The van der Waals surface area contributed by atoms with Crippen molar-refractivity contribution in [2.45, 2.75) is 53.5 Å². The molecule has 2 aromatic rings. The number of H-pyrrole nitrogens is 1. The van der Waals surface area contributed by atoms with E-state index in [1.54, 1.807) is 0 Å². The molecule has 0 saturated carbocycles. The molecule has 3 N–H and O–H groups in total. The van der Waals surface area contributed by atoms with E-state index in [0.717, 1.165) is 36.1 Å². The van der Waals surface area contributed by atoms with Crippen LogP contribution in [0.15, 0.2) is 27.8 Å². The topological polar surface area (TPSA) is 93.3 Å². The number of aryl methyl sites for hydroxylation is 2. The fourth-order valence-electron chi connectivity index (χ4n) is 3.32. The van der Waals surface area contributed by atoms with E-state index >= 15 is 0 Å². The van der Waals surface area contributed by atoms with Crippen molar-refractivity contribution >= 4 is 11.5 Å². The Bertz CT molecular complexity index is 881. The summed E-state index contributed by atoms with van der Waals surface area (Å²) in [5, 5.41) is 0. The summed E-state index contributed by atoms with van der Waals surface area (Å²) in [5.74, 6) is 1.03. The summed E-state index contributed by atoms with van der Waals surface area (Å²) in [5.41, 5.74) is 7.97. The standard InChI is InChI=1S/C21H32N4O3/c1-5-7-9-25-19(22)18(20(26)23-21(25)27)24(8-6-2)10-11-28-17-13-15(3)12-16(4)14-17/h12-14H,5-11,22H2,1-4H3,(H,23,26,27). The highest BCUT2D eigenvalue weighted by Crippen LogP contribution is 2.19. The quantitative estimate of drug-likeness (QED) is 0.653.